The van der Waals surface area contributed by atoms with Gasteiger partial charge in [-0.25, -0.2) is 9.97 Å². The van der Waals surface area contributed by atoms with E-state index in [2.05, 4.69) is 9.97 Å². The lowest BCUT2D eigenvalue weighted by Gasteiger charge is -1.95. The molecule has 0 atom stereocenters. The van der Waals surface area contributed by atoms with Crippen molar-refractivity contribution in [3.63, 3.8) is 0 Å². The summed E-state index contributed by atoms with van der Waals surface area (Å²) in [5.74, 6) is 0.862. The van der Waals surface area contributed by atoms with Gasteiger partial charge in [-0.1, -0.05) is 0 Å². The first-order valence-electron chi connectivity index (χ1n) is 4.25. The van der Waals surface area contributed by atoms with E-state index in [1.54, 1.807) is 18.5 Å². The molecule has 0 aliphatic carbocycles. The van der Waals surface area contributed by atoms with Crippen LogP contribution in [0.15, 0.2) is 18.5 Å². The van der Waals surface area contributed by atoms with Gasteiger partial charge in [0, 0.05) is 32.5 Å². The lowest BCUT2D eigenvalue weighted by Crippen LogP contribution is -1.94. The Morgan fingerprint density at radius 3 is 2.31 bits per heavy atom. The molecule has 13 heavy (non-hydrogen) atoms. The van der Waals surface area contributed by atoms with Gasteiger partial charge >= 0.3 is 0 Å². The first-order chi connectivity index (χ1) is 6.43. The number of nitrogens with zero attached hydrogens (tertiary/aromatic N) is 2. The maximum absolute atomic E-state index is 8.50. The molecule has 0 amide bonds. The topological polar surface area (TPSA) is 66.2 Å². The predicted octanol–water partition coefficient (Wildman–Crippen LogP) is 0.400. The van der Waals surface area contributed by atoms with Crippen molar-refractivity contribution >= 4 is 0 Å². The Balaban J connectivity index is 0.000000671. The van der Waals surface area contributed by atoms with E-state index in [1.165, 1.54) is 0 Å². The summed E-state index contributed by atoms with van der Waals surface area (Å²) in [5.41, 5.74) is 0. The molecule has 0 aromatic carbocycles. The first kappa shape index (κ1) is 12.0. The van der Waals surface area contributed by atoms with E-state index >= 15 is 0 Å². The zero-order valence-electron chi connectivity index (χ0n) is 7.85. The fraction of sp³-hybridized carbons (Fsp3) is 0.556. The zero-order valence-corrected chi connectivity index (χ0v) is 7.85. The quantitative estimate of drug-likeness (QED) is 0.665. The summed E-state index contributed by atoms with van der Waals surface area (Å²) < 4.78 is 0. The van der Waals surface area contributed by atoms with Crippen LogP contribution < -0.4 is 0 Å². The van der Waals surface area contributed by atoms with Crippen LogP contribution in [0.2, 0.25) is 0 Å². The van der Waals surface area contributed by atoms with Crippen molar-refractivity contribution in [2.24, 2.45) is 0 Å². The minimum Gasteiger partial charge on any atom is -0.400 e. The molecule has 2 N–H and O–H groups in total. The number of aliphatic hydroxyl groups is 2. The molecule has 0 bridgehead atoms. The monoisotopic (exact) mass is 184 g/mol. The highest BCUT2D eigenvalue weighted by molar-refractivity contribution is 4.88. The molecule has 0 aliphatic rings. The highest BCUT2D eigenvalue weighted by Crippen LogP contribution is 1.96. The summed E-state index contributed by atoms with van der Waals surface area (Å²) in [7, 11) is 1.00. The lowest BCUT2D eigenvalue weighted by molar-refractivity contribution is 0.284. The minimum atomic E-state index is 0.257. The number of hydrogen-bond acceptors (Lipinski definition) is 4. The van der Waals surface area contributed by atoms with Crippen LogP contribution in [-0.4, -0.2) is 33.9 Å². The first-order valence-corrected chi connectivity index (χ1v) is 4.25. The predicted molar refractivity (Wildman–Crippen MR) is 50.2 cm³/mol. The Hall–Kier alpha value is -1.00. The smallest absolute Gasteiger partial charge is 0.128 e. The normalized spacial score (nSPS) is 8.85. The van der Waals surface area contributed by atoms with Gasteiger partial charge in [0.1, 0.15) is 5.82 Å². The maximum Gasteiger partial charge on any atom is 0.128 e. The molecule has 0 radical (unpaired) electrons. The van der Waals surface area contributed by atoms with Gasteiger partial charge in [-0.15, -0.1) is 0 Å². The van der Waals surface area contributed by atoms with Crippen LogP contribution in [0.25, 0.3) is 0 Å². The van der Waals surface area contributed by atoms with Gasteiger partial charge in [-0.3, -0.25) is 0 Å². The van der Waals surface area contributed by atoms with Gasteiger partial charge in [0.05, 0.1) is 0 Å². The standard InChI is InChI=1S/C8H12N2O.CH4O/c11-7-2-1-4-8-9-5-3-6-10-8;1-2/h3,5-6,11H,1-2,4,7H2;2H,1H3. The van der Waals surface area contributed by atoms with E-state index < -0.39 is 0 Å². The Kier molecular flexibility index (Phi) is 8.39. The summed E-state index contributed by atoms with van der Waals surface area (Å²) >= 11 is 0. The van der Waals surface area contributed by atoms with Gasteiger partial charge in [-0.05, 0) is 18.9 Å². The van der Waals surface area contributed by atoms with Gasteiger partial charge in [0.25, 0.3) is 0 Å². The second kappa shape index (κ2) is 9.09. The highest BCUT2D eigenvalue weighted by atomic mass is 16.3. The van der Waals surface area contributed by atoms with Crippen molar-refractivity contribution in [2.45, 2.75) is 19.3 Å². The van der Waals surface area contributed by atoms with Crippen molar-refractivity contribution in [1.82, 2.24) is 9.97 Å². The molecule has 0 saturated carbocycles. The fourth-order valence-electron chi connectivity index (χ4n) is 0.854. The SMILES string of the molecule is CO.OCCCCc1ncccn1. The third kappa shape index (κ3) is 6.19. The molecule has 0 spiro atoms. The van der Waals surface area contributed by atoms with E-state index in [0.717, 1.165) is 32.2 Å². The molecule has 0 saturated heterocycles. The summed E-state index contributed by atoms with van der Waals surface area (Å²) in [4.78, 5) is 8.12. The van der Waals surface area contributed by atoms with Crippen molar-refractivity contribution in [1.29, 1.82) is 0 Å². The van der Waals surface area contributed by atoms with E-state index in [9.17, 15) is 0 Å². The largest absolute Gasteiger partial charge is 0.400 e. The summed E-state index contributed by atoms with van der Waals surface area (Å²) in [6.45, 7) is 0.257. The molecule has 0 aliphatic heterocycles. The number of rotatable bonds is 4. The fourth-order valence-corrected chi connectivity index (χ4v) is 0.854. The van der Waals surface area contributed by atoms with E-state index in [-0.39, 0.29) is 6.61 Å². The lowest BCUT2D eigenvalue weighted by atomic mass is 10.2. The molecule has 4 heteroatoms. The second-order valence-electron chi connectivity index (χ2n) is 2.35. The van der Waals surface area contributed by atoms with Crippen LogP contribution in [0.4, 0.5) is 0 Å². The second-order valence-corrected chi connectivity index (χ2v) is 2.35. The molecule has 4 nitrogen and oxygen atoms in total. The molecule has 0 unspecified atom stereocenters. The molecule has 74 valence electrons. The van der Waals surface area contributed by atoms with Crippen molar-refractivity contribution in [2.75, 3.05) is 13.7 Å². The van der Waals surface area contributed by atoms with Gasteiger partial charge < -0.3 is 10.2 Å². The average molecular weight is 184 g/mol. The van der Waals surface area contributed by atoms with Crippen LogP contribution in [-0.2, 0) is 6.42 Å². The number of aliphatic hydroxyl groups excluding tert-OH is 2. The van der Waals surface area contributed by atoms with Crippen molar-refractivity contribution in [3.05, 3.63) is 24.3 Å². The van der Waals surface area contributed by atoms with Gasteiger partial charge in [0.2, 0.25) is 0 Å². The summed E-state index contributed by atoms with van der Waals surface area (Å²) in [6, 6.07) is 1.80. The Bertz CT molecular complexity index is 192. The minimum absolute atomic E-state index is 0.257. The van der Waals surface area contributed by atoms with Crippen LogP contribution in [0.5, 0.6) is 0 Å². The molecule has 1 heterocycles. The molecule has 1 aromatic heterocycles. The summed E-state index contributed by atoms with van der Waals surface area (Å²) in [6.07, 6.45) is 6.13. The highest BCUT2D eigenvalue weighted by Gasteiger charge is 1.92. The molecule has 0 fully saturated rings. The average Bonchev–Trinajstić information content (AvgIpc) is 2.23. The number of aromatic nitrogens is 2. The van der Waals surface area contributed by atoms with E-state index in [0.29, 0.717) is 0 Å². The number of aryl methyl sites for hydroxylation is 1. The number of hydrogen-bond donors (Lipinski definition) is 2. The van der Waals surface area contributed by atoms with E-state index in [4.69, 9.17) is 10.2 Å². The van der Waals surface area contributed by atoms with Crippen molar-refractivity contribution < 1.29 is 10.2 Å². The Labute approximate surface area is 78.3 Å². The van der Waals surface area contributed by atoms with Crippen LogP contribution in [0.3, 0.4) is 0 Å². The zero-order chi connectivity index (χ0) is 9.94. The molecular weight excluding hydrogens is 168 g/mol. The van der Waals surface area contributed by atoms with E-state index in [1.807, 2.05) is 0 Å². The third-order valence-corrected chi connectivity index (χ3v) is 1.43. The van der Waals surface area contributed by atoms with Crippen LogP contribution >= 0.6 is 0 Å². The van der Waals surface area contributed by atoms with Gasteiger partial charge in [-0.2, -0.15) is 0 Å². The van der Waals surface area contributed by atoms with Gasteiger partial charge in [0.15, 0.2) is 0 Å². The third-order valence-electron chi connectivity index (χ3n) is 1.43. The van der Waals surface area contributed by atoms with Crippen molar-refractivity contribution in [3.8, 4) is 0 Å². The Morgan fingerprint density at radius 1 is 1.15 bits per heavy atom. The summed E-state index contributed by atoms with van der Waals surface area (Å²) in [5, 5.41) is 15.5. The van der Waals surface area contributed by atoms with Crippen LogP contribution in [0, 0.1) is 0 Å². The number of unbranched alkanes of at least 4 members (excludes halogenated alkanes) is 1. The molecular formula is C9H16N2O2. The Morgan fingerprint density at radius 2 is 1.77 bits per heavy atom. The molecule has 1 aromatic rings. The molecule has 1 rings (SSSR count). The maximum atomic E-state index is 8.50. The van der Waals surface area contributed by atoms with Crippen LogP contribution in [0.1, 0.15) is 18.7 Å².